The quantitative estimate of drug-likeness (QED) is 0.743. The highest BCUT2D eigenvalue weighted by molar-refractivity contribution is 5.93. The van der Waals surface area contributed by atoms with Gasteiger partial charge in [-0.05, 0) is 30.9 Å². The fourth-order valence-corrected chi connectivity index (χ4v) is 4.40. The summed E-state index contributed by atoms with van der Waals surface area (Å²) in [5, 5.41) is 3.23. The number of hydrogen-bond acceptors (Lipinski definition) is 4. The van der Waals surface area contributed by atoms with Gasteiger partial charge in [0.05, 0.1) is 5.92 Å². The third kappa shape index (κ3) is 2.83. The summed E-state index contributed by atoms with van der Waals surface area (Å²) in [5.41, 5.74) is 1.26. The largest absolute Gasteiger partial charge is 0.350 e. The van der Waals surface area contributed by atoms with Crippen LogP contribution in [-0.4, -0.2) is 49.7 Å². The zero-order valence-corrected chi connectivity index (χ0v) is 15.4. The van der Waals surface area contributed by atoms with Gasteiger partial charge in [0.15, 0.2) is 0 Å². The number of hydrogen-bond donors (Lipinski definition) is 1. The van der Waals surface area contributed by atoms with Crippen molar-refractivity contribution in [1.29, 1.82) is 0 Å². The van der Waals surface area contributed by atoms with E-state index in [2.05, 4.69) is 15.3 Å². The van der Waals surface area contributed by atoms with Gasteiger partial charge in [0, 0.05) is 37.2 Å². The van der Waals surface area contributed by atoms with E-state index in [0.717, 1.165) is 24.8 Å². The first-order chi connectivity index (χ1) is 13.6. The minimum absolute atomic E-state index is 0.0794. The van der Waals surface area contributed by atoms with Crippen LogP contribution >= 0.6 is 0 Å². The summed E-state index contributed by atoms with van der Waals surface area (Å²) in [6.07, 6.45) is 7.52. The van der Waals surface area contributed by atoms with Crippen molar-refractivity contribution < 1.29 is 9.59 Å². The number of benzene rings is 1. The summed E-state index contributed by atoms with van der Waals surface area (Å²) in [6, 6.07) is 11.7. The Bertz CT molecular complexity index is 1000. The van der Waals surface area contributed by atoms with Crippen LogP contribution in [0.25, 0.3) is 5.78 Å². The molecule has 1 spiro atoms. The van der Waals surface area contributed by atoms with E-state index in [0.29, 0.717) is 24.6 Å². The highest BCUT2D eigenvalue weighted by atomic mass is 16.2. The second-order valence-corrected chi connectivity index (χ2v) is 7.68. The molecule has 7 heteroatoms. The summed E-state index contributed by atoms with van der Waals surface area (Å²) >= 11 is 0. The fraction of sp³-hybridized carbons (Fsp3) is 0.333. The van der Waals surface area contributed by atoms with Crippen LogP contribution in [0.5, 0.6) is 0 Å². The summed E-state index contributed by atoms with van der Waals surface area (Å²) in [5.74, 6) is 0.433. The first kappa shape index (κ1) is 16.9. The maximum absolute atomic E-state index is 12.9. The molecule has 2 aliphatic heterocycles. The minimum Gasteiger partial charge on any atom is -0.350 e. The lowest BCUT2D eigenvalue weighted by Gasteiger charge is -2.39. The number of nitrogens with zero attached hydrogens (tertiary/aromatic N) is 4. The smallest absolute Gasteiger partial charge is 0.274 e. The molecule has 1 N–H and O–H groups in total. The molecule has 0 radical (unpaired) electrons. The molecule has 0 saturated carbocycles. The van der Waals surface area contributed by atoms with Crippen LogP contribution < -0.4 is 5.32 Å². The zero-order valence-electron chi connectivity index (χ0n) is 15.4. The Labute approximate surface area is 162 Å². The van der Waals surface area contributed by atoms with E-state index in [1.807, 2.05) is 41.4 Å². The van der Waals surface area contributed by atoms with Crippen molar-refractivity contribution in [2.45, 2.75) is 30.7 Å². The van der Waals surface area contributed by atoms with Gasteiger partial charge in [0.1, 0.15) is 5.69 Å². The number of likely N-dealkylation sites (tertiary alicyclic amines) is 1. The number of aromatic nitrogens is 3. The van der Waals surface area contributed by atoms with Crippen LogP contribution in [0.1, 0.15) is 41.2 Å². The van der Waals surface area contributed by atoms with Gasteiger partial charge in [-0.25, -0.2) is 9.97 Å². The lowest BCUT2D eigenvalue weighted by Crippen LogP contribution is -2.52. The zero-order chi connectivity index (χ0) is 19.1. The minimum atomic E-state index is -0.213. The molecule has 5 rings (SSSR count). The van der Waals surface area contributed by atoms with Gasteiger partial charge >= 0.3 is 0 Å². The van der Waals surface area contributed by atoms with Gasteiger partial charge in [-0.15, -0.1) is 0 Å². The van der Waals surface area contributed by atoms with Gasteiger partial charge in [0.2, 0.25) is 11.7 Å². The number of carbonyl (C=O) groups is 2. The third-order valence-corrected chi connectivity index (χ3v) is 5.96. The van der Waals surface area contributed by atoms with Crippen molar-refractivity contribution in [1.82, 2.24) is 24.6 Å². The molecule has 4 heterocycles. The Balaban J connectivity index is 1.28. The third-order valence-electron chi connectivity index (χ3n) is 5.96. The standard InChI is InChI=1S/C21H21N5O2/c27-18-16(15-5-2-1-3-6-15)13-21(24-18)7-11-25(12-8-21)19(28)17-14-26-10-4-9-22-20(26)23-17/h1-6,9-10,14,16H,7-8,11-13H2,(H,24,27)/t16-/m1/s1. The number of amides is 2. The molecular weight excluding hydrogens is 354 g/mol. The molecule has 0 unspecified atom stereocenters. The van der Waals surface area contributed by atoms with Crippen molar-refractivity contribution in [3.8, 4) is 0 Å². The van der Waals surface area contributed by atoms with E-state index in [-0.39, 0.29) is 23.3 Å². The Morgan fingerprint density at radius 1 is 1.14 bits per heavy atom. The monoisotopic (exact) mass is 375 g/mol. The first-order valence-electron chi connectivity index (χ1n) is 9.60. The summed E-state index contributed by atoms with van der Waals surface area (Å²) in [4.78, 5) is 35.8. The molecule has 1 aromatic carbocycles. The van der Waals surface area contributed by atoms with Gasteiger partial charge in [0.25, 0.3) is 5.91 Å². The van der Waals surface area contributed by atoms with E-state index in [9.17, 15) is 9.59 Å². The molecule has 3 aromatic rings. The molecule has 7 nitrogen and oxygen atoms in total. The topological polar surface area (TPSA) is 79.6 Å². The second kappa shape index (κ2) is 6.44. The van der Waals surface area contributed by atoms with E-state index < -0.39 is 0 Å². The Hall–Kier alpha value is -3.22. The molecule has 2 aliphatic rings. The van der Waals surface area contributed by atoms with Crippen molar-refractivity contribution in [3.63, 3.8) is 0 Å². The molecule has 0 aliphatic carbocycles. The van der Waals surface area contributed by atoms with Gasteiger partial charge in [-0.2, -0.15) is 0 Å². The maximum Gasteiger partial charge on any atom is 0.274 e. The predicted molar refractivity (Wildman–Crippen MR) is 103 cm³/mol. The number of rotatable bonds is 2. The fourth-order valence-electron chi connectivity index (χ4n) is 4.40. The average molecular weight is 375 g/mol. The highest BCUT2D eigenvalue weighted by Crippen LogP contribution is 2.39. The molecule has 0 bridgehead atoms. The normalized spacial score (nSPS) is 21.2. The molecule has 142 valence electrons. The van der Waals surface area contributed by atoms with E-state index in [4.69, 9.17) is 0 Å². The van der Waals surface area contributed by atoms with Gasteiger partial charge < -0.3 is 10.2 Å². The Morgan fingerprint density at radius 3 is 2.68 bits per heavy atom. The van der Waals surface area contributed by atoms with Gasteiger partial charge in [-0.3, -0.25) is 14.0 Å². The first-order valence-corrected chi connectivity index (χ1v) is 9.60. The van der Waals surface area contributed by atoms with E-state index in [1.165, 1.54) is 0 Å². The van der Waals surface area contributed by atoms with E-state index in [1.54, 1.807) is 22.9 Å². The maximum atomic E-state index is 12.9. The lowest BCUT2D eigenvalue weighted by atomic mass is 9.82. The van der Waals surface area contributed by atoms with Crippen molar-refractivity contribution in [2.75, 3.05) is 13.1 Å². The predicted octanol–water partition coefficient (Wildman–Crippen LogP) is 2.01. The highest BCUT2D eigenvalue weighted by Gasteiger charge is 2.46. The molecule has 1 atom stereocenters. The summed E-state index contributed by atoms with van der Waals surface area (Å²) in [7, 11) is 0. The molecule has 2 aromatic heterocycles. The van der Waals surface area contributed by atoms with Crippen LogP contribution in [0.15, 0.2) is 55.0 Å². The number of fused-ring (bicyclic) bond motifs is 1. The molecule has 2 amide bonds. The van der Waals surface area contributed by atoms with Crippen LogP contribution in [0, 0.1) is 0 Å². The van der Waals surface area contributed by atoms with Crippen LogP contribution in [0.4, 0.5) is 0 Å². The molecule has 2 fully saturated rings. The van der Waals surface area contributed by atoms with Crippen LogP contribution in [-0.2, 0) is 4.79 Å². The Morgan fingerprint density at radius 2 is 1.93 bits per heavy atom. The van der Waals surface area contributed by atoms with Crippen molar-refractivity contribution in [3.05, 3.63) is 66.2 Å². The Kier molecular flexibility index (Phi) is 3.89. The van der Waals surface area contributed by atoms with Gasteiger partial charge in [-0.1, -0.05) is 30.3 Å². The number of piperidine rings is 1. The van der Waals surface area contributed by atoms with Crippen molar-refractivity contribution >= 4 is 17.6 Å². The summed E-state index contributed by atoms with van der Waals surface area (Å²) in [6.45, 7) is 1.23. The summed E-state index contributed by atoms with van der Waals surface area (Å²) < 4.78 is 1.75. The SMILES string of the molecule is O=C1NC2(CCN(C(=O)c3cn4cccnc4n3)CC2)C[C@@H]1c1ccccc1. The molecular formula is C21H21N5O2. The van der Waals surface area contributed by atoms with Crippen LogP contribution in [0.3, 0.4) is 0 Å². The number of imidazole rings is 1. The van der Waals surface area contributed by atoms with Crippen LogP contribution in [0.2, 0.25) is 0 Å². The lowest BCUT2D eigenvalue weighted by molar-refractivity contribution is -0.121. The number of carbonyl (C=O) groups excluding carboxylic acids is 2. The van der Waals surface area contributed by atoms with Crippen molar-refractivity contribution in [2.24, 2.45) is 0 Å². The second-order valence-electron chi connectivity index (χ2n) is 7.68. The average Bonchev–Trinajstić information content (AvgIpc) is 3.30. The molecule has 28 heavy (non-hydrogen) atoms. The van der Waals surface area contributed by atoms with E-state index >= 15 is 0 Å². The number of nitrogens with one attached hydrogen (secondary N) is 1. The molecule has 2 saturated heterocycles.